The van der Waals surface area contributed by atoms with Crippen molar-refractivity contribution in [2.24, 2.45) is 0 Å². The molecule has 0 saturated heterocycles. The fourth-order valence-electron chi connectivity index (χ4n) is 3.33. The molecule has 0 atom stereocenters. The van der Waals surface area contributed by atoms with Gasteiger partial charge in [-0.2, -0.15) is 4.98 Å². The average Bonchev–Trinajstić information content (AvgIpc) is 3.42. The molecular weight excluding hydrogens is 364 g/mol. The number of aromatic nitrogens is 4. The Kier molecular flexibility index (Phi) is 3.97. The van der Waals surface area contributed by atoms with Gasteiger partial charge in [-0.3, -0.25) is 0 Å². The van der Waals surface area contributed by atoms with E-state index in [0.717, 1.165) is 34.4 Å². The lowest BCUT2D eigenvalue weighted by molar-refractivity contribution is 0.238. The van der Waals surface area contributed by atoms with Gasteiger partial charge in [0.1, 0.15) is 16.9 Å². The first-order valence-electron chi connectivity index (χ1n) is 8.67. The molecule has 136 valence electrons. The maximum Gasteiger partial charge on any atom is 0.264 e. The van der Waals surface area contributed by atoms with Gasteiger partial charge in [-0.15, -0.1) is 11.3 Å². The highest BCUT2D eigenvalue weighted by atomic mass is 32.1. The molecule has 0 saturated carbocycles. The van der Waals surface area contributed by atoms with Crippen LogP contribution in [0.4, 0.5) is 0 Å². The van der Waals surface area contributed by atoms with Crippen LogP contribution in [-0.2, 0) is 19.4 Å². The van der Waals surface area contributed by atoms with Crippen LogP contribution in [0.15, 0.2) is 35.1 Å². The second kappa shape index (κ2) is 6.62. The van der Waals surface area contributed by atoms with Crippen molar-refractivity contribution in [2.45, 2.75) is 25.9 Å². The third-order valence-corrected chi connectivity index (χ3v) is 5.79. The van der Waals surface area contributed by atoms with Gasteiger partial charge >= 0.3 is 0 Å². The van der Waals surface area contributed by atoms with Gasteiger partial charge < -0.3 is 14.0 Å². The van der Waals surface area contributed by atoms with Crippen molar-refractivity contribution in [2.75, 3.05) is 7.11 Å². The Balaban J connectivity index is 1.38. The molecule has 1 aromatic carbocycles. The molecule has 3 aromatic heterocycles. The van der Waals surface area contributed by atoms with Gasteiger partial charge in [-0.05, 0) is 37.0 Å². The van der Waals surface area contributed by atoms with Crippen LogP contribution in [0.5, 0.6) is 11.6 Å². The standard InChI is InChI=1S/C19H16N4O3S/c1-24-12-5-2-4-11(8-12)17-22-15(26-23-17)9-25-18-16-13-6-3-7-14(13)27-19(16)21-10-20-18/h2,4-5,8,10H,3,6-7,9H2,1H3. The highest BCUT2D eigenvalue weighted by Crippen LogP contribution is 2.39. The Bertz CT molecular complexity index is 1120. The molecule has 7 nitrogen and oxygen atoms in total. The molecule has 0 unspecified atom stereocenters. The summed E-state index contributed by atoms with van der Waals surface area (Å²) >= 11 is 1.73. The Labute approximate surface area is 159 Å². The van der Waals surface area contributed by atoms with E-state index in [4.69, 9.17) is 14.0 Å². The SMILES string of the molecule is COc1cccc(-c2noc(COc3ncnc4sc5c(c34)CCC5)n2)c1. The third kappa shape index (κ3) is 2.91. The van der Waals surface area contributed by atoms with Gasteiger partial charge in [-0.1, -0.05) is 17.3 Å². The van der Waals surface area contributed by atoms with E-state index in [9.17, 15) is 0 Å². The highest BCUT2D eigenvalue weighted by Gasteiger charge is 2.22. The summed E-state index contributed by atoms with van der Waals surface area (Å²) in [4.78, 5) is 15.5. The summed E-state index contributed by atoms with van der Waals surface area (Å²) in [5, 5.41) is 5.06. The van der Waals surface area contributed by atoms with Crippen LogP contribution < -0.4 is 9.47 Å². The predicted octanol–water partition coefficient (Wildman–Crippen LogP) is 3.82. The fraction of sp³-hybridized carbons (Fsp3) is 0.263. The first-order valence-corrected chi connectivity index (χ1v) is 9.48. The molecule has 0 bridgehead atoms. The zero-order valence-electron chi connectivity index (χ0n) is 14.6. The monoisotopic (exact) mass is 380 g/mol. The van der Waals surface area contributed by atoms with Crippen LogP contribution >= 0.6 is 11.3 Å². The van der Waals surface area contributed by atoms with Gasteiger partial charge in [0.15, 0.2) is 6.61 Å². The fourth-order valence-corrected chi connectivity index (χ4v) is 4.55. The second-order valence-electron chi connectivity index (χ2n) is 6.25. The molecule has 8 heteroatoms. The van der Waals surface area contributed by atoms with E-state index in [1.807, 2.05) is 24.3 Å². The lowest BCUT2D eigenvalue weighted by Crippen LogP contribution is -1.99. The number of nitrogens with zero attached hydrogens (tertiary/aromatic N) is 4. The molecule has 3 heterocycles. The molecule has 0 amide bonds. The number of hydrogen-bond acceptors (Lipinski definition) is 8. The minimum atomic E-state index is 0.160. The molecule has 1 aliphatic carbocycles. The highest BCUT2D eigenvalue weighted by molar-refractivity contribution is 7.18. The first-order chi connectivity index (χ1) is 13.3. The zero-order chi connectivity index (χ0) is 18.2. The molecule has 5 rings (SSSR count). The van der Waals surface area contributed by atoms with Gasteiger partial charge in [0.25, 0.3) is 5.89 Å². The number of thiophene rings is 1. The van der Waals surface area contributed by atoms with Gasteiger partial charge in [0, 0.05) is 10.4 Å². The lowest BCUT2D eigenvalue weighted by atomic mass is 10.2. The molecular formula is C19H16N4O3S. The number of aryl methyl sites for hydroxylation is 2. The molecule has 1 aliphatic rings. The Morgan fingerprint density at radius 1 is 1.22 bits per heavy atom. The summed E-state index contributed by atoms with van der Waals surface area (Å²) in [7, 11) is 1.62. The van der Waals surface area contributed by atoms with Crippen molar-refractivity contribution in [3.05, 3.63) is 46.9 Å². The molecule has 0 spiro atoms. The maximum atomic E-state index is 5.92. The minimum Gasteiger partial charge on any atom is -0.497 e. The number of fused-ring (bicyclic) bond motifs is 3. The largest absolute Gasteiger partial charge is 0.497 e. The van der Waals surface area contributed by atoms with Crippen molar-refractivity contribution >= 4 is 21.6 Å². The molecule has 4 aromatic rings. The van der Waals surface area contributed by atoms with Gasteiger partial charge in [0.05, 0.1) is 12.5 Å². The quantitative estimate of drug-likeness (QED) is 0.520. The summed E-state index contributed by atoms with van der Waals surface area (Å²) in [6.45, 7) is 0.160. The Morgan fingerprint density at radius 2 is 2.19 bits per heavy atom. The molecule has 0 radical (unpaired) electrons. The van der Waals surface area contributed by atoms with E-state index in [0.29, 0.717) is 17.6 Å². The number of methoxy groups -OCH3 is 1. The van der Waals surface area contributed by atoms with Crippen molar-refractivity contribution in [1.82, 2.24) is 20.1 Å². The topological polar surface area (TPSA) is 83.2 Å². The summed E-state index contributed by atoms with van der Waals surface area (Å²) in [5.74, 6) is 2.22. The van der Waals surface area contributed by atoms with E-state index < -0.39 is 0 Å². The van der Waals surface area contributed by atoms with Crippen molar-refractivity contribution in [1.29, 1.82) is 0 Å². The van der Waals surface area contributed by atoms with Gasteiger partial charge in [-0.25, -0.2) is 9.97 Å². The number of ether oxygens (including phenoxy) is 2. The Hall–Kier alpha value is -3.00. The number of benzene rings is 1. The summed E-state index contributed by atoms with van der Waals surface area (Å²) < 4.78 is 16.5. The molecule has 0 N–H and O–H groups in total. The normalized spacial score (nSPS) is 13.1. The summed E-state index contributed by atoms with van der Waals surface area (Å²) in [5.41, 5.74) is 2.15. The van der Waals surface area contributed by atoms with Crippen LogP contribution in [0.25, 0.3) is 21.6 Å². The zero-order valence-corrected chi connectivity index (χ0v) is 15.5. The first kappa shape index (κ1) is 16.2. The van der Waals surface area contributed by atoms with Crippen molar-refractivity contribution < 1.29 is 14.0 Å². The average molecular weight is 380 g/mol. The van der Waals surface area contributed by atoms with E-state index in [1.165, 1.54) is 16.9 Å². The van der Waals surface area contributed by atoms with Crippen LogP contribution in [-0.4, -0.2) is 27.2 Å². The van der Waals surface area contributed by atoms with Gasteiger partial charge in [0.2, 0.25) is 11.7 Å². The second-order valence-corrected chi connectivity index (χ2v) is 7.33. The Morgan fingerprint density at radius 3 is 3.11 bits per heavy atom. The number of rotatable bonds is 5. The number of hydrogen-bond donors (Lipinski definition) is 0. The van der Waals surface area contributed by atoms with E-state index in [1.54, 1.807) is 24.8 Å². The smallest absolute Gasteiger partial charge is 0.264 e. The van der Waals surface area contributed by atoms with E-state index in [-0.39, 0.29) is 6.61 Å². The summed E-state index contributed by atoms with van der Waals surface area (Å²) in [6, 6.07) is 7.52. The van der Waals surface area contributed by atoms with E-state index in [2.05, 4.69) is 20.1 Å². The predicted molar refractivity (Wildman–Crippen MR) is 100 cm³/mol. The maximum absolute atomic E-state index is 5.92. The van der Waals surface area contributed by atoms with Crippen LogP contribution in [0.2, 0.25) is 0 Å². The molecule has 0 aliphatic heterocycles. The van der Waals surface area contributed by atoms with Crippen LogP contribution in [0, 0.1) is 0 Å². The van der Waals surface area contributed by atoms with Crippen molar-refractivity contribution in [3.63, 3.8) is 0 Å². The minimum absolute atomic E-state index is 0.160. The van der Waals surface area contributed by atoms with Crippen LogP contribution in [0.1, 0.15) is 22.8 Å². The third-order valence-electron chi connectivity index (χ3n) is 4.59. The lowest BCUT2D eigenvalue weighted by Gasteiger charge is -2.04. The van der Waals surface area contributed by atoms with Crippen LogP contribution in [0.3, 0.4) is 0 Å². The molecule has 0 fully saturated rings. The summed E-state index contributed by atoms with van der Waals surface area (Å²) in [6.07, 6.45) is 4.89. The van der Waals surface area contributed by atoms with E-state index >= 15 is 0 Å². The molecule has 27 heavy (non-hydrogen) atoms. The van der Waals surface area contributed by atoms with Crippen molar-refractivity contribution in [3.8, 4) is 23.0 Å².